The van der Waals surface area contributed by atoms with Crippen LogP contribution in [0.15, 0.2) is 18.3 Å². The molecule has 1 aromatic rings. The minimum Gasteiger partial charge on any atom is -0.356 e. The van der Waals surface area contributed by atoms with E-state index in [4.69, 9.17) is 5.26 Å². The molecule has 0 aliphatic rings. The van der Waals surface area contributed by atoms with E-state index in [0.717, 1.165) is 0 Å². The van der Waals surface area contributed by atoms with Gasteiger partial charge in [0, 0.05) is 19.2 Å². The molecule has 16 heavy (non-hydrogen) atoms. The molecule has 0 N–H and O–H groups in total. The van der Waals surface area contributed by atoms with E-state index in [-0.39, 0.29) is 11.7 Å². The SMILES string of the molecule is CC(CC#N)N(C)c1ccc([N+](=O)[O-])cn1. The normalized spacial score (nSPS) is 11.6. The maximum Gasteiger partial charge on any atom is 0.287 e. The van der Waals surface area contributed by atoms with E-state index in [2.05, 4.69) is 11.1 Å². The van der Waals surface area contributed by atoms with Crippen LogP contribution < -0.4 is 4.90 Å². The van der Waals surface area contributed by atoms with E-state index in [0.29, 0.717) is 12.2 Å². The number of nitrogens with zero attached hydrogens (tertiary/aromatic N) is 4. The zero-order valence-corrected chi connectivity index (χ0v) is 9.12. The highest BCUT2D eigenvalue weighted by Crippen LogP contribution is 2.17. The van der Waals surface area contributed by atoms with E-state index in [1.54, 1.807) is 13.1 Å². The Morgan fingerprint density at radius 3 is 2.81 bits per heavy atom. The summed E-state index contributed by atoms with van der Waals surface area (Å²) < 4.78 is 0. The Hall–Kier alpha value is -2.16. The lowest BCUT2D eigenvalue weighted by Gasteiger charge is -2.23. The third-order valence-electron chi connectivity index (χ3n) is 2.35. The first-order valence-corrected chi connectivity index (χ1v) is 4.76. The van der Waals surface area contributed by atoms with E-state index in [9.17, 15) is 10.1 Å². The number of nitriles is 1. The number of pyridine rings is 1. The molecule has 1 aromatic heterocycles. The monoisotopic (exact) mass is 220 g/mol. The lowest BCUT2D eigenvalue weighted by atomic mass is 10.2. The van der Waals surface area contributed by atoms with Crippen LogP contribution in [0.25, 0.3) is 0 Å². The summed E-state index contributed by atoms with van der Waals surface area (Å²) in [4.78, 5) is 15.7. The van der Waals surface area contributed by atoms with Crippen molar-refractivity contribution in [2.24, 2.45) is 0 Å². The van der Waals surface area contributed by atoms with Crippen LogP contribution in [0, 0.1) is 21.4 Å². The summed E-state index contributed by atoms with van der Waals surface area (Å²) >= 11 is 0. The van der Waals surface area contributed by atoms with Crippen LogP contribution in [0.2, 0.25) is 0 Å². The number of anilines is 1. The first-order chi connectivity index (χ1) is 7.56. The molecule has 0 aromatic carbocycles. The standard InChI is InChI=1S/C10H12N4O2/c1-8(5-6-11)13(2)10-4-3-9(7-12-10)14(15)16/h3-4,7-8H,5H2,1-2H3. The van der Waals surface area contributed by atoms with E-state index >= 15 is 0 Å². The van der Waals surface area contributed by atoms with Gasteiger partial charge in [0.05, 0.1) is 17.4 Å². The van der Waals surface area contributed by atoms with Crippen molar-refractivity contribution in [2.75, 3.05) is 11.9 Å². The number of hydrogen-bond acceptors (Lipinski definition) is 5. The molecule has 84 valence electrons. The van der Waals surface area contributed by atoms with Gasteiger partial charge in [0.2, 0.25) is 0 Å². The summed E-state index contributed by atoms with van der Waals surface area (Å²) in [5.74, 6) is 0.619. The average Bonchev–Trinajstić information content (AvgIpc) is 2.28. The van der Waals surface area contributed by atoms with Crippen molar-refractivity contribution in [1.29, 1.82) is 5.26 Å². The predicted octanol–water partition coefficient (Wildman–Crippen LogP) is 1.73. The van der Waals surface area contributed by atoms with E-state index in [1.165, 1.54) is 12.3 Å². The summed E-state index contributed by atoms with van der Waals surface area (Å²) in [5, 5.41) is 19.0. The summed E-state index contributed by atoms with van der Waals surface area (Å²) in [6.07, 6.45) is 1.60. The predicted molar refractivity (Wildman–Crippen MR) is 59.0 cm³/mol. The van der Waals surface area contributed by atoms with Gasteiger partial charge >= 0.3 is 0 Å². The molecule has 1 unspecified atom stereocenters. The molecule has 0 aliphatic carbocycles. The molecule has 6 heteroatoms. The van der Waals surface area contributed by atoms with Gasteiger partial charge in [-0.1, -0.05) is 0 Å². The second kappa shape index (κ2) is 5.07. The molecule has 0 aliphatic heterocycles. The molecule has 1 rings (SSSR count). The number of rotatable bonds is 4. The Morgan fingerprint density at radius 1 is 1.69 bits per heavy atom. The van der Waals surface area contributed by atoms with Crippen LogP contribution in [-0.4, -0.2) is 23.0 Å². The molecule has 0 saturated carbocycles. The van der Waals surface area contributed by atoms with Gasteiger partial charge in [0.15, 0.2) is 0 Å². The summed E-state index contributed by atoms with van der Waals surface area (Å²) in [5.41, 5.74) is -0.0370. The fourth-order valence-corrected chi connectivity index (χ4v) is 1.19. The molecule has 0 spiro atoms. The van der Waals surface area contributed by atoms with Crippen molar-refractivity contribution in [2.45, 2.75) is 19.4 Å². The van der Waals surface area contributed by atoms with Gasteiger partial charge in [-0.3, -0.25) is 10.1 Å². The van der Waals surface area contributed by atoms with E-state index < -0.39 is 4.92 Å². The highest BCUT2D eigenvalue weighted by atomic mass is 16.6. The largest absolute Gasteiger partial charge is 0.356 e. The number of hydrogen-bond donors (Lipinski definition) is 0. The summed E-state index contributed by atoms with van der Waals surface area (Å²) in [6, 6.07) is 5.07. The average molecular weight is 220 g/mol. The molecule has 0 saturated heterocycles. The number of nitro groups is 1. The highest BCUT2D eigenvalue weighted by molar-refractivity contribution is 5.43. The Bertz CT molecular complexity index is 410. The van der Waals surface area contributed by atoms with Crippen molar-refractivity contribution in [1.82, 2.24) is 4.98 Å². The lowest BCUT2D eigenvalue weighted by Crippen LogP contribution is -2.29. The summed E-state index contributed by atoms with van der Waals surface area (Å²) in [7, 11) is 1.80. The van der Waals surface area contributed by atoms with Crippen molar-refractivity contribution < 1.29 is 4.92 Å². The van der Waals surface area contributed by atoms with Crippen molar-refractivity contribution >= 4 is 11.5 Å². The van der Waals surface area contributed by atoms with E-state index in [1.807, 2.05) is 11.8 Å². The Labute approximate surface area is 93.3 Å². The van der Waals surface area contributed by atoms with Gasteiger partial charge in [-0.25, -0.2) is 4.98 Å². The zero-order valence-electron chi connectivity index (χ0n) is 9.12. The fourth-order valence-electron chi connectivity index (χ4n) is 1.19. The summed E-state index contributed by atoms with van der Waals surface area (Å²) in [6.45, 7) is 1.90. The van der Waals surface area contributed by atoms with Gasteiger partial charge in [0.1, 0.15) is 12.0 Å². The topological polar surface area (TPSA) is 83.1 Å². The highest BCUT2D eigenvalue weighted by Gasteiger charge is 2.12. The van der Waals surface area contributed by atoms with Crippen LogP contribution in [0.1, 0.15) is 13.3 Å². The fraction of sp³-hybridized carbons (Fsp3) is 0.400. The van der Waals surface area contributed by atoms with Crippen LogP contribution in [0.3, 0.4) is 0 Å². The van der Waals surface area contributed by atoms with Gasteiger partial charge in [0.25, 0.3) is 5.69 Å². The first-order valence-electron chi connectivity index (χ1n) is 4.76. The van der Waals surface area contributed by atoms with Crippen LogP contribution in [0.5, 0.6) is 0 Å². The molecule has 6 nitrogen and oxygen atoms in total. The molecule has 0 fully saturated rings. The van der Waals surface area contributed by atoms with Crippen LogP contribution in [0.4, 0.5) is 11.5 Å². The van der Waals surface area contributed by atoms with Gasteiger partial charge in [-0.2, -0.15) is 5.26 Å². The lowest BCUT2D eigenvalue weighted by molar-refractivity contribution is -0.385. The minimum atomic E-state index is -0.491. The van der Waals surface area contributed by atoms with Gasteiger partial charge in [-0.15, -0.1) is 0 Å². The van der Waals surface area contributed by atoms with Crippen LogP contribution in [-0.2, 0) is 0 Å². The molecular formula is C10H12N4O2. The molecule has 0 amide bonds. The third kappa shape index (κ3) is 2.67. The third-order valence-corrected chi connectivity index (χ3v) is 2.35. The van der Waals surface area contributed by atoms with Crippen molar-refractivity contribution in [3.05, 3.63) is 28.4 Å². The molecule has 1 heterocycles. The smallest absolute Gasteiger partial charge is 0.287 e. The second-order valence-corrected chi connectivity index (χ2v) is 3.45. The van der Waals surface area contributed by atoms with Gasteiger partial charge < -0.3 is 4.90 Å². The van der Waals surface area contributed by atoms with Crippen LogP contribution >= 0.6 is 0 Å². The minimum absolute atomic E-state index is 0.0268. The number of aromatic nitrogens is 1. The maximum atomic E-state index is 10.4. The Kier molecular flexibility index (Phi) is 3.78. The molecular weight excluding hydrogens is 208 g/mol. The maximum absolute atomic E-state index is 10.4. The quantitative estimate of drug-likeness (QED) is 0.570. The van der Waals surface area contributed by atoms with Gasteiger partial charge in [-0.05, 0) is 13.0 Å². The second-order valence-electron chi connectivity index (χ2n) is 3.45. The Morgan fingerprint density at radius 2 is 2.38 bits per heavy atom. The molecule has 1 atom stereocenters. The van der Waals surface area contributed by atoms with Crippen molar-refractivity contribution in [3.63, 3.8) is 0 Å². The molecule has 0 bridgehead atoms. The molecule has 0 radical (unpaired) electrons. The zero-order chi connectivity index (χ0) is 12.1. The first kappa shape index (κ1) is 11.9. The Balaban J connectivity index is 2.82. The van der Waals surface area contributed by atoms with Crippen molar-refractivity contribution in [3.8, 4) is 6.07 Å².